The smallest absolute Gasteiger partial charge is 0.303 e. The number of carbonyl (C=O) groups is 2. The van der Waals surface area contributed by atoms with Gasteiger partial charge in [-0.2, -0.15) is 5.26 Å². The van der Waals surface area contributed by atoms with E-state index in [1.165, 1.54) is 0 Å². The van der Waals surface area contributed by atoms with Gasteiger partial charge in [0.25, 0.3) is 0 Å². The molecular weight excluding hydrogens is 158 g/mol. The van der Waals surface area contributed by atoms with Gasteiger partial charge in [-0.05, 0) is 12.8 Å². The number of rotatable bonds is 6. The number of carboxylic acid groups (broad SMARTS) is 1. The van der Waals surface area contributed by atoms with Crippen LogP contribution in [0.5, 0.6) is 0 Å². The summed E-state index contributed by atoms with van der Waals surface area (Å²) < 4.78 is 0. The second kappa shape index (κ2) is 6.35. The normalized spacial score (nSPS) is 8.92. The number of ketones is 1. The van der Waals surface area contributed by atoms with Gasteiger partial charge in [0.05, 0.1) is 12.5 Å². The van der Waals surface area contributed by atoms with Crippen LogP contribution in [0.25, 0.3) is 0 Å². The molecule has 0 bridgehead atoms. The van der Waals surface area contributed by atoms with E-state index in [4.69, 9.17) is 10.4 Å². The van der Waals surface area contributed by atoms with Gasteiger partial charge in [0.2, 0.25) is 0 Å². The highest BCUT2D eigenvalue weighted by molar-refractivity contribution is 5.80. The van der Waals surface area contributed by atoms with Crippen LogP contribution in [0.15, 0.2) is 0 Å². The molecule has 0 amide bonds. The van der Waals surface area contributed by atoms with Gasteiger partial charge < -0.3 is 5.11 Å². The molecule has 4 heteroatoms. The first-order chi connectivity index (χ1) is 5.66. The van der Waals surface area contributed by atoms with Gasteiger partial charge in [-0.25, -0.2) is 0 Å². The van der Waals surface area contributed by atoms with Gasteiger partial charge in [0.15, 0.2) is 0 Å². The minimum Gasteiger partial charge on any atom is -0.481 e. The summed E-state index contributed by atoms with van der Waals surface area (Å²) in [6, 6.07) is 1.75. The van der Waals surface area contributed by atoms with E-state index >= 15 is 0 Å². The Kier molecular flexibility index (Phi) is 5.62. The minimum atomic E-state index is -0.845. The van der Waals surface area contributed by atoms with Crippen molar-refractivity contribution in [2.45, 2.75) is 32.1 Å². The highest BCUT2D eigenvalue weighted by Gasteiger charge is 2.01. The zero-order valence-electron chi connectivity index (χ0n) is 6.75. The Morgan fingerprint density at radius 1 is 1.25 bits per heavy atom. The van der Waals surface area contributed by atoms with Crippen LogP contribution in [0.3, 0.4) is 0 Å². The summed E-state index contributed by atoms with van der Waals surface area (Å²) in [5, 5.41) is 16.4. The van der Waals surface area contributed by atoms with Crippen LogP contribution in [0.1, 0.15) is 32.1 Å². The molecule has 0 aliphatic rings. The fourth-order valence-corrected chi connectivity index (χ4v) is 0.775. The lowest BCUT2D eigenvalue weighted by atomic mass is 10.1. The van der Waals surface area contributed by atoms with Gasteiger partial charge in [-0.15, -0.1) is 0 Å². The average Bonchev–Trinajstić information content (AvgIpc) is 1.98. The summed E-state index contributed by atoms with van der Waals surface area (Å²) in [6.45, 7) is 0. The maximum atomic E-state index is 10.7. The molecule has 0 aromatic heterocycles. The van der Waals surface area contributed by atoms with Gasteiger partial charge in [0, 0.05) is 12.8 Å². The second-order valence-electron chi connectivity index (χ2n) is 2.47. The maximum absolute atomic E-state index is 10.7. The number of unbranched alkanes of at least 4 members (excludes halogenated alkanes) is 1. The van der Waals surface area contributed by atoms with Crippen molar-refractivity contribution >= 4 is 11.8 Å². The number of aliphatic carboxylic acids is 1. The molecule has 0 saturated carbocycles. The predicted octanol–water partition coefficient (Wildman–Crippen LogP) is 1.11. The lowest BCUT2D eigenvalue weighted by Gasteiger charge is -1.94. The minimum absolute atomic E-state index is 0.0624. The molecule has 0 heterocycles. The van der Waals surface area contributed by atoms with Crippen molar-refractivity contribution in [2.24, 2.45) is 0 Å². The van der Waals surface area contributed by atoms with E-state index in [9.17, 15) is 9.59 Å². The van der Waals surface area contributed by atoms with Gasteiger partial charge >= 0.3 is 5.97 Å². The Morgan fingerprint density at radius 3 is 2.33 bits per heavy atom. The second-order valence-corrected chi connectivity index (χ2v) is 2.47. The average molecular weight is 169 g/mol. The summed E-state index contributed by atoms with van der Waals surface area (Å²) in [6.07, 6.45) is 1.42. The Bertz CT molecular complexity index is 205. The fraction of sp³-hybridized carbons (Fsp3) is 0.625. The monoisotopic (exact) mass is 169 g/mol. The molecule has 66 valence electrons. The number of carboxylic acids is 1. The number of hydrogen-bond donors (Lipinski definition) is 1. The van der Waals surface area contributed by atoms with Crippen LogP contribution in [-0.4, -0.2) is 16.9 Å². The number of hydrogen-bond acceptors (Lipinski definition) is 3. The van der Waals surface area contributed by atoms with E-state index in [-0.39, 0.29) is 18.6 Å². The zero-order chi connectivity index (χ0) is 9.40. The van der Waals surface area contributed by atoms with Crippen LogP contribution in [-0.2, 0) is 9.59 Å². The molecule has 4 nitrogen and oxygen atoms in total. The molecule has 0 aliphatic carbocycles. The summed E-state index contributed by atoms with van der Waals surface area (Å²) >= 11 is 0. The molecule has 12 heavy (non-hydrogen) atoms. The standard InChI is InChI=1S/C8H11NO3/c9-6-5-7(10)3-1-2-4-8(11)12/h1-5H2,(H,11,12). The van der Waals surface area contributed by atoms with Crippen LogP contribution < -0.4 is 0 Å². The van der Waals surface area contributed by atoms with Crippen molar-refractivity contribution in [3.05, 3.63) is 0 Å². The third kappa shape index (κ3) is 6.75. The Morgan fingerprint density at radius 2 is 1.83 bits per heavy atom. The van der Waals surface area contributed by atoms with Crippen LogP contribution in [0, 0.1) is 11.3 Å². The van der Waals surface area contributed by atoms with E-state index in [1.54, 1.807) is 6.07 Å². The van der Waals surface area contributed by atoms with E-state index < -0.39 is 5.97 Å². The third-order valence-electron chi connectivity index (χ3n) is 1.37. The van der Waals surface area contributed by atoms with Crippen molar-refractivity contribution in [3.63, 3.8) is 0 Å². The van der Waals surface area contributed by atoms with Crippen LogP contribution in [0.4, 0.5) is 0 Å². The van der Waals surface area contributed by atoms with E-state index in [1.807, 2.05) is 0 Å². The van der Waals surface area contributed by atoms with E-state index in [0.29, 0.717) is 19.3 Å². The van der Waals surface area contributed by atoms with Gasteiger partial charge in [-0.3, -0.25) is 9.59 Å². The topological polar surface area (TPSA) is 78.2 Å². The molecule has 0 spiro atoms. The van der Waals surface area contributed by atoms with Gasteiger partial charge in [0.1, 0.15) is 5.78 Å². The highest BCUT2D eigenvalue weighted by Crippen LogP contribution is 2.01. The molecular formula is C8H11NO3. The zero-order valence-corrected chi connectivity index (χ0v) is 6.75. The highest BCUT2D eigenvalue weighted by atomic mass is 16.4. The van der Waals surface area contributed by atoms with E-state index in [2.05, 4.69) is 0 Å². The molecule has 0 fully saturated rings. The van der Waals surface area contributed by atoms with E-state index in [0.717, 1.165) is 0 Å². The number of nitrogens with zero attached hydrogens (tertiary/aromatic N) is 1. The molecule has 0 unspecified atom stereocenters. The lowest BCUT2D eigenvalue weighted by Crippen LogP contribution is -1.98. The summed E-state index contributed by atoms with van der Waals surface area (Å²) in [4.78, 5) is 20.8. The third-order valence-corrected chi connectivity index (χ3v) is 1.37. The molecule has 0 saturated heterocycles. The first-order valence-electron chi connectivity index (χ1n) is 3.77. The van der Waals surface area contributed by atoms with Crippen molar-refractivity contribution in [1.82, 2.24) is 0 Å². The predicted molar refractivity (Wildman–Crippen MR) is 41.3 cm³/mol. The summed E-state index contributed by atoms with van der Waals surface area (Å²) in [7, 11) is 0. The quantitative estimate of drug-likeness (QED) is 0.604. The molecule has 0 aromatic carbocycles. The lowest BCUT2D eigenvalue weighted by molar-refractivity contribution is -0.137. The number of Topliss-reactive ketones (excluding diaryl/α,β-unsaturated/α-hetero) is 1. The molecule has 0 radical (unpaired) electrons. The van der Waals surface area contributed by atoms with Crippen LogP contribution in [0.2, 0.25) is 0 Å². The van der Waals surface area contributed by atoms with Gasteiger partial charge in [-0.1, -0.05) is 0 Å². The Balaban J connectivity index is 3.27. The van der Waals surface area contributed by atoms with Crippen molar-refractivity contribution in [2.75, 3.05) is 0 Å². The van der Waals surface area contributed by atoms with Crippen molar-refractivity contribution < 1.29 is 14.7 Å². The Hall–Kier alpha value is -1.37. The fourth-order valence-electron chi connectivity index (χ4n) is 0.775. The molecule has 0 rings (SSSR count). The summed E-state index contributed by atoms with van der Waals surface area (Å²) in [5.41, 5.74) is 0. The number of nitriles is 1. The summed E-state index contributed by atoms with van der Waals surface area (Å²) in [5.74, 6) is -0.953. The van der Waals surface area contributed by atoms with Crippen molar-refractivity contribution in [3.8, 4) is 6.07 Å². The SMILES string of the molecule is N#CCC(=O)CCCCC(=O)O. The largest absolute Gasteiger partial charge is 0.481 e. The van der Waals surface area contributed by atoms with Crippen LogP contribution >= 0.6 is 0 Å². The first kappa shape index (κ1) is 10.6. The Labute approximate surface area is 70.8 Å². The first-order valence-corrected chi connectivity index (χ1v) is 3.77. The van der Waals surface area contributed by atoms with Crippen molar-refractivity contribution in [1.29, 1.82) is 5.26 Å². The maximum Gasteiger partial charge on any atom is 0.303 e. The molecule has 1 N–H and O–H groups in total. The molecule has 0 atom stereocenters. The molecule has 0 aromatic rings. The molecule has 0 aliphatic heterocycles. The number of carbonyl (C=O) groups excluding carboxylic acids is 1.